The summed E-state index contributed by atoms with van der Waals surface area (Å²) in [7, 11) is 0. The first kappa shape index (κ1) is 16.0. The van der Waals surface area contributed by atoms with Gasteiger partial charge in [0.15, 0.2) is 5.78 Å². The summed E-state index contributed by atoms with van der Waals surface area (Å²) >= 11 is 9.45. The van der Waals surface area contributed by atoms with Gasteiger partial charge in [-0.25, -0.2) is 0 Å². The Kier molecular flexibility index (Phi) is 5.61. The van der Waals surface area contributed by atoms with Crippen LogP contribution < -0.4 is 0 Å². The molecule has 0 unspecified atom stereocenters. The largest absolute Gasteiger partial charge is 0.373 e. The van der Waals surface area contributed by atoms with Gasteiger partial charge in [0.2, 0.25) is 0 Å². The van der Waals surface area contributed by atoms with Gasteiger partial charge < -0.3 is 4.74 Å². The van der Waals surface area contributed by atoms with Crippen molar-refractivity contribution in [2.75, 3.05) is 19.6 Å². The summed E-state index contributed by atoms with van der Waals surface area (Å²) in [5, 5.41) is 0.507. The van der Waals surface area contributed by atoms with Crippen LogP contribution in [0.5, 0.6) is 0 Å². The molecule has 1 saturated heterocycles. The number of benzene rings is 1. The molecule has 1 heterocycles. The first-order valence-corrected chi connectivity index (χ1v) is 7.99. The monoisotopic (exact) mass is 359 g/mol. The van der Waals surface area contributed by atoms with Gasteiger partial charge in [-0.2, -0.15) is 0 Å². The predicted octanol–water partition coefficient (Wildman–Crippen LogP) is 3.78. The van der Waals surface area contributed by atoms with E-state index in [1.165, 1.54) is 0 Å². The zero-order valence-electron chi connectivity index (χ0n) is 11.7. The van der Waals surface area contributed by atoms with Gasteiger partial charge in [0.05, 0.1) is 17.2 Å². The van der Waals surface area contributed by atoms with Crippen LogP contribution in [0.25, 0.3) is 0 Å². The second-order valence-corrected chi connectivity index (χ2v) is 6.64. The fourth-order valence-corrected chi connectivity index (χ4v) is 3.36. The highest BCUT2D eigenvalue weighted by molar-refractivity contribution is 9.10. The third kappa shape index (κ3) is 4.29. The first-order chi connectivity index (χ1) is 9.45. The molecule has 110 valence electrons. The van der Waals surface area contributed by atoms with Crippen LogP contribution >= 0.6 is 27.5 Å². The van der Waals surface area contributed by atoms with E-state index in [0.29, 0.717) is 17.0 Å². The van der Waals surface area contributed by atoms with E-state index in [4.69, 9.17) is 16.3 Å². The number of ether oxygens (including phenoxy) is 1. The number of carbonyl (C=O) groups excluding carboxylic acids is 1. The topological polar surface area (TPSA) is 29.5 Å². The van der Waals surface area contributed by atoms with E-state index >= 15 is 0 Å². The molecular formula is C15H19BrClNO2. The molecule has 0 aromatic heterocycles. The molecule has 1 aliphatic rings. The third-order valence-corrected chi connectivity index (χ3v) is 4.19. The van der Waals surface area contributed by atoms with Gasteiger partial charge in [0.1, 0.15) is 0 Å². The number of hydrogen-bond donors (Lipinski definition) is 0. The molecule has 0 radical (unpaired) electrons. The van der Waals surface area contributed by atoms with E-state index < -0.39 is 0 Å². The lowest BCUT2D eigenvalue weighted by Gasteiger charge is -2.35. The van der Waals surface area contributed by atoms with Gasteiger partial charge >= 0.3 is 0 Å². The average Bonchev–Trinajstić information content (AvgIpc) is 2.35. The van der Waals surface area contributed by atoms with E-state index in [1.54, 1.807) is 12.1 Å². The minimum absolute atomic E-state index is 0.0919. The zero-order valence-corrected chi connectivity index (χ0v) is 14.1. The molecule has 3 nitrogen and oxygen atoms in total. The highest BCUT2D eigenvalue weighted by Crippen LogP contribution is 2.22. The van der Waals surface area contributed by atoms with Crippen LogP contribution in [-0.2, 0) is 4.74 Å². The first-order valence-electron chi connectivity index (χ1n) is 6.81. The Bertz CT molecular complexity index is 485. The van der Waals surface area contributed by atoms with Gasteiger partial charge in [0.25, 0.3) is 0 Å². The van der Waals surface area contributed by atoms with Crippen LogP contribution in [0.15, 0.2) is 22.7 Å². The van der Waals surface area contributed by atoms with Gasteiger partial charge in [-0.05, 0) is 32.0 Å². The summed E-state index contributed by atoms with van der Waals surface area (Å²) in [6, 6.07) is 5.38. The summed E-state index contributed by atoms with van der Waals surface area (Å²) in [6.45, 7) is 6.65. The van der Waals surface area contributed by atoms with Gasteiger partial charge in [-0.3, -0.25) is 9.69 Å². The van der Waals surface area contributed by atoms with Crippen molar-refractivity contribution >= 4 is 33.3 Å². The molecule has 0 aliphatic carbocycles. The summed E-state index contributed by atoms with van der Waals surface area (Å²) in [5.41, 5.74) is 0.601. The molecule has 0 saturated carbocycles. The summed E-state index contributed by atoms with van der Waals surface area (Å²) in [4.78, 5) is 14.5. The molecule has 5 heteroatoms. The Morgan fingerprint density at radius 3 is 2.65 bits per heavy atom. The molecular weight excluding hydrogens is 342 g/mol. The van der Waals surface area contributed by atoms with Crippen LogP contribution in [0.4, 0.5) is 0 Å². The van der Waals surface area contributed by atoms with Crippen LogP contribution in [0, 0.1) is 0 Å². The summed E-state index contributed by atoms with van der Waals surface area (Å²) < 4.78 is 6.57. The number of halogens is 2. The lowest BCUT2D eigenvalue weighted by Crippen LogP contribution is -2.46. The lowest BCUT2D eigenvalue weighted by molar-refractivity contribution is -0.0675. The molecule has 0 amide bonds. The minimum atomic E-state index is 0.0919. The van der Waals surface area contributed by atoms with Crippen molar-refractivity contribution in [3.05, 3.63) is 33.3 Å². The van der Waals surface area contributed by atoms with E-state index in [2.05, 4.69) is 34.7 Å². The maximum absolute atomic E-state index is 12.2. The Morgan fingerprint density at radius 2 is 2.05 bits per heavy atom. The quantitative estimate of drug-likeness (QED) is 0.765. The molecule has 0 bridgehead atoms. The molecule has 20 heavy (non-hydrogen) atoms. The Hall–Kier alpha value is -0.420. The average molecular weight is 361 g/mol. The number of rotatable bonds is 4. The van der Waals surface area contributed by atoms with Crippen molar-refractivity contribution < 1.29 is 9.53 Å². The van der Waals surface area contributed by atoms with Crippen LogP contribution in [0.3, 0.4) is 0 Å². The summed E-state index contributed by atoms with van der Waals surface area (Å²) in [6.07, 6.45) is 0.941. The number of nitrogens with zero attached hydrogens (tertiary/aromatic N) is 1. The van der Waals surface area contributed by atoms with Crippen molar-refractivity contribution in [1.29, 1.82) is 0 Å². The fraction of sp³-hybridized carbons (Fsp3) is 0.533. The van der Waals surface area contributed by atoms with Crippen LogP contribution in [0.2, 0.25) is 5.02 Å². The molecule has 1 fully saturated rings. The second-order valence-electron chi connectivity index (χ2n) is 5.31. The molecule has 0 spiro atoms. The Labute approximate surface area is 133 Å². The van der Waals surface area contributed by atoms with Crippen molar-refractivity contribution in [3.8, 4) is 0 Å². The SMILES string of the molecule is C[C@@H]1CN(CCC(=O)c2ccc(Br)cc2Cl)C[C@H](C)O1. The van der Waals surface area contributed by atoms with E-state index in [1.807, 2.05) is 6.07 Å². The number of Topliss-reactive ketones (excluding diaryl/α,β-unsaturated/α-hetero) is 1. The Morgan fingerprint density at radius 1 is 1.40 bits per heavy atom. The van der Waals surface area contributed by atoms with Gasteiger partial charge in [-0.15, -0.1) is 0 Å². The van der Waals surface area contributed by atoms with E-state index in [0.717, 1.165) is 24.1 Å². The van der Waals surface area contributed by atoms with Gasteiger partial charge in [0, 0.05) is 36.1 Å². The molecule has 2 rings (SSSR count). The molecule has 0 N–H and O–H groups in total. The summed E-state index contributed by atoms with van der Waals surface area (Å²) in [5.74, 6) is 0.0919. The highest BCUT2D eigenvalue weighted by atomic mass is 79.9. The maximum Gasteiger partial charge on any atom is 0.165 e. The zero-order chi connectivity index (χ0) is 14.7. The molecule has 1 aliphatic heterocycles. The van der Waals surface area contributed by atoms with Crippen molar-refractivity contribution in [3.63, 3.8) is 0 Å². The predicted molar refractivity (Wildman–Crippen MR) is 84.5 cm³/mol. The number of carbonyl (C=O) groups is 1. The molecule has 1 aromatic rings. The van der Waals surface area contributed by atoms with E-state index in [-0.39, 0.29) is 18.0 Å². The number of ketones is 1. The minimum Gasteiger partial charge on any atom is -0.373 e. The van der Waals surface area contributed by atoms with Crippen LogP contribution in [-0.4, -0.2) is 42.5 Å². The smallest absolute Gasteiger partial charge is 0.165 e. The Balaban J connectivity index is 1.91. The normalized spacial score (nSPS) is 23.8. The van der Waals surface area contributed by atoms with Gasteiger partial charge in [-0.1, -0.05) is 27.5 Å². The number of hydrogen-bond acceptors (Lipinski definition) is 3. The third-order valence-electron chi connectivity index (χ3n) is 3.38. The maximum atomic E-state index is 12.2. The van der Waals surface area contributed by atoms with Crippen LogP contribution in [0.1, 0.15) is 30.6 Å². The highest BCUT2D eigenvalue weighted by Gasteiger charge is 2.22. The van der Waals surface area contributed by atoms with Crippen molar-refractivity contribution in [2.24, 2.45) is 0 Å². The number of morpholine rings is 1. The van der Waals surface area contributed by atoms with Crippen molar-refractivity contribution in [2.45, 2.75) is 32.5 Å². The lowest BCUT2D eigenvalue weighted by atomic mass is 10.1. The standard InChI is InChI=1S/C15H19BrClNO2/c1-10-8-18(9-11(2)20-10)6-5-15(19)13-4-3-12(16)7-14(13)17/h3-4,7,10-11H,5-6,8-9H2,1-2H3/t10-,11+. The van der Waals surface area contributed by atoms with E-state index in [9.17, 15) is 4.79 Å². The second kappa shape index (κ2) is 7.03. The molecule has 1 aromatic carbocycles. The fourth-order valence-electron chi connectivity index (χ4n) is 2.58. The molecule has 2 atom stereocenters. The van der Waals surface area contributed by atoms with Crippen molar-refractivity contribution in [1.82, 2.24) is 4.90 Å².